The zero-order valence-corrected chi connectivity index (χ0v) is 12.1. The summed E-state index contributed by atoms with van der Waals surface area (Å²) in [6.07, 6.45) is 0. The minimum absolute atomic E-state index is 0.322. The van der Waals surface area contributed by atoms with Gasteiger partial charge in [0.05, 0.1) is 33.9 Å². The molecule has 20 heavy (non-hydrogen) atoms. The minimum Gasteiger partial charge on any atom is -0.497 e. The van der Waals surface area contributed by atoms with Crippen molar-refractivity contribution < 1.29 is 4.74 Å². The first-order valence-corrected chi connectivity index (χ1v) is 6.64. The molecule has 0 fully saturated rings. The molecule has 0 radical (unpaired) electrons. The van der Waals surface area contributed by atoms with Crippen molar-refractivity contribution in [2.24, 2.45) is 0 Å². The smallest absolute Gasteiger partial charge is 0.206 e. The number of hydrogen-bond donors (Lipinski definition) is 1. The summed E-state index contributed by atoms with van der Waals surface area (Å²) < 4.78 is 6.95. The van der Waals surface area contributed by atoms with Gasteiger partial charge < -0.3 is 10.5 Å². The van der Waals surface area contributed by atoms with Gasteiger partial charge in [-0.25, -0.2) is 4.98 Å². The van der Waals surface area contributed by atoms with Crippen molar-refractivity contribution in [1.82, 2.24) is 9.55 Å². The van der Waals surface area contributed by atoms with Gasteiger partial charge in [0, 0.05) is 6.07 Å². The summed E-state index contributed by atoms with van der Waals surface area (Å²) in [5, 5.41) is 1.10. The Balaban J connectivity index is 2.37. The van der Waals surface area contributed by atoms with E-state index >= 15 is 0 Å². The molecule has 0 aliphatic rings. The fraction of sp³-hybridized carbons (Fsp3) is 0.0714. The van der Waals surface area contributed by atoms with Gasteiger partial charge in [0.25, 0.3) is 0 Å². The van der Waals surface area contributed by atoms with Crippen LogP contribution in [0.25, 0.3) is 16.7 Å². The standard InChI is InChI=1S/C14H11Cl2N3O/c1-20-8-5-6-9(15)12(7-8)19-13-10(16)3-2-4-11(13)18-14(19)17/h2-7H,1H3,(H2,17,18). The monoisotopic (exact) mass is 307 g/mol. The Hall–Kier alpha value is -1.91. The van der Waals surface area contributed by atoms with Gasteiger partial charge in [0.15, 0.2) is 0 Å². The fourth-order valence-electron chi connectivity index (χ4n) is 2.14. The largest absolute Gasteiger partial charge is 0.497 e. The Morgan fingerprint density at radius 2 is 1.95 bits per heavy atom. The number of para-hydroxylation sites is 1. The Morgan fingerprint density at radius 3 is 2.70 bits per heavy atom. The second-order valence-corrected chi connectivity index (χ2v) is 5.04. The number of ether oxygens (including phenoxy) is 1. The van der Waals surface area contributed by atoms with Crippen molar-refractivity contribution >= 4 is 40.2 Å². The van der Waals surface area contributed by atoms with E-state index in [1.54, 1.807) is 35.9 Å². The minimum atomic E-state index is 0.322. The van der Waals surface area contributed by atoms with Gasteiger partial charge in [0.2, 0.25) is 5.95 Å². The maximum absolute atomic E-state index is 6.27. The number of nitrogen functional groups attached to an aromatic ring is 1. The highest BCUT2D eigenvalue weighted by Gasteiger charge is 2.15. The average molecular weight is 308 g/mol. The van der Waals surface area contributed by atoms with Crippen molar-refractivity contribution in [3.8, 4) is 11.4 Å². The molecule has 0 atom stereocenters. The Kier molecular flexibility index (Phi) is 3.20. The highest BCUT2D eigenvalue weighted by atomic mass is 35.5. The van der Waals surface area contributed by atoms with Crippen LogP contribution < -0.4 is 10.5 Å². The molecule has 3 rings (SSSR count). The third kappa shape index (κ3) is 1.97. The molecule has 0 bridgehead atoms. The highest BCUT2D eigenvalue weighted by Crippen LogP contribution is 2.33. The van der Waals surface area contributed by atoms with Gasteiger partial charge in [-0.15, -0.1) is 0 Å². The molecule has 1 heterocycles. The zero-order valence-electron chi connectivity index (χ0n) is 10.6. The predicted octanol–water partition coefficient (Wildman–Crippen LogP) is 3.92. The van der Waals surface area contributed by atoms with Crippen LogP contribution in [0.15, 0.2) is 36.4 Å². The summed E-state index contributed by atoms with van der Waals surface area (Å²) >= 11 is 12.5. The van der Waals surface area contributed by atoms with E-state index in [4.69, 9.17) is 33.7 Å². The van der Waals surface area contributed by atoms with Gasteiger partial charge in [-0.1, -0.05) is 29.3 Å². The maximum Gasteiger partial charge on any atom is 0.206 e. The molecule has 2 N–H and O–H groups in total. The lowest BCUT2D eigenvalue weighted by Crippen LogP contribution is -2.02. The number of fused-ring (bicyclic) bond motifs is 1. The second kappa shape index (κ2) is 4.89. The topological polar surface area (TPSA) is 53.1 Å². The first kappa shape index (κ1) is 13.1. The number of nitrogens with two attached hydrogens (primary N) is 1. The normalized spacial score (nSPS) is 10.9. The van der Waals surface area contributed by atoms with Crippen LogP contribution in [-0.2, 0) is 0 Å². The number of nitrogens with zero attached hydrogens (tertiary/aromatic N) is 2. The lowest BCUT2D eigenvalue weighted by molar-refractivity contribution is 0.414. The number of hydrogen-bond acceptors (Lipinski definition) is 3. The molecule has 0 amide bonds. The summed E-state index contributed by atoms with van der Waals surface area (Å²) in [7, 11) is 1.59. The number of benzene rings is 2. The first-order chi connectivity index (χ1) is 9.61. The van der Waals surface area contributed by atoms with Gasteiger partial charge in [-0.3, -0.25) is 4.57 Å². The van der Waals surface area contributed by atoms with Crippen LogP contribution in [0.2, 0.25) is 10.0 Å². The molecular formula is C14H11Cl2N3O. The van der Waals surface area contributed by atoms with E-state index < -0.39 is 0 Å². The molecule has 0 aliphatic heterocycles. The lowest BCUT2D eigenvalue weighted by atomic mass is 10.2. The predicted molar refractivity (Wildman–Crippen MR) is 82.1 cm³/mol. The summed E-state index contributed by atoms with van der Waals surface area (Å²) in [6.45, 7) is 0. The van der Waals surface area contributed by atoms with Gasteiger partial charge in [0.1, 0.15) is 5.75 Å². The van der Waals surface area contributed by atoms with Crippen molar-refractivity contribution in [3.63, 3.8) is 0 Å². The van der Waals surface area contributed by atoms with Crippen molar-refractivity contribution in [3.05, 3.63) is 46.4 Å². The Bertz CT molecular complexity index is 798. The van der Waals surface area contributed by atoms with Crippen LogP contribution in [0.5, 0.6) is 5.75 Å². The SMILES string of the molecule is COc1ccc(Cl)c(-n2c(N)nc3cccc(Cl)c32)c1. The van der Waals surface area contributed by atoms with Crippen LogP contribution in [0.1, 0.15) is 0 Å². The Morgan fingerprint density at radius 1 is 1.15 bits per heavy atom. The third-order valence-corrected chi connectivity index (χ3v) is 3.67. The van der Waals surface area contributed by atoms with Crippen molar-refractivity contribution in [1.29, 1.82) is 0 Å². The van der Waals surface area contributed by atoms with Gasteiger partial charge >= 0.3 is 0 Å². The van der Waals surface area contributed by atoms with Gasteiger partial charge in [-0.05, 0) is 24.3 Å². The molecule has 6 heteroatoms. The first-order valence-electron chi connectivity index (χ1n) is 5.88. The Labute approximate surface area is 125 Å². The number of halogens is 2. The van der Waals surface area contributed by atoms with E-state index in [-0.39, 0.29) is 0 Å². The number of rotatable bonds is 2. The van der Waals surface area contributed by atoms with E-state index in [1.807, 2.05) is 12.1 Å². The molecule has 1 aromatic heterocycles. The highest BCUT2D eigenvalue weighted by molar-refractivity contribution is 6.35. The molecule has 0 aliphatic carbocycles. The van der Waals surface area contributed by atoms with E-state index in [0.717, 1.165) is 5.52 Å². The molecule has 4 nitrogen and oxygen atoms in total. The van der Waals surface area contributed by atoms with E-state index in [0.29, 0.717) is 32.9 Å². The molecule has 0 saturated carbocycles. The summed E-state index contributed by atoms with van der Waals surface area (Å²) in [6, 6.07) is 10.8. The molecule has 0 spiro atoms. The number of methoxy groups -OCH3 is 1. The molecular weight excluding hydrogens is 297 g/mol. The van der Waals surface area contributed by atoms with E-state index in [2.05, 4.69) is 4.98 Å². The summed E-state index contributed by atoms with van der Waals surface area (Å²) in [5.41, 5.74) is 8.13. The average Bonchev–Trinajstić information content (AvgIpc) is 2.77. The molecule has 2 aromatic carbocycles. The van der Waals surface area contributed by atoms with Crippen molar-refractivity contribution in [2.75, 3.05) is 12.8 Å². The van der Waals surface area contributed by atoms with Crippen LogP contribution in [0.3, 0.4) is 0 Å². The lowest BCUT2D eigenvalue weighted by Gasteiger charge is -2.11. The molecule has 102 valence electrons. The number of anilines is 1. The van der Waals surface area contributed by atoms with E-state index in [9.17, 15) is 0 Å². The number of imidazole rings is 1. The zero-order chi connectivity index (χ0) is 14.3. The fourth-order valence-corrected chi connectivity index (χ4v) is 2.59. The van der Waals surface area contributed by atoms with Crippen LogP contribution in [-0.4, -0.2) is 16.7 Å². The van der Waals surface area contributed by atoms with Crippen LogP contribution in [0, 0.1) is 0 Å². The molecule has 0 unspecified atom stereocenters. The van der Waals surface area contributed by atoms with Crippen LogP contribution in [0.4, 0.5) is 5.95 Å². The quantitative estimate of drug-likeness (QED) is 0.780. The van der Waals surface area contributed by atoms with Gasteiger partial charge in [-0.2, -0.15) is 0 Å². The summed E-state index contributed by atoms with van der Waals surface area (Å²) in [5.74, 6) is 1.00. The second-order valence-electron chi connectivity index (χ2n) is 4.23. The molecule has 0 saturated heterocycles. The van der Waals surface area contributed by atoms with Crippen molar-refractivity contribution in [2.45, 2.75) is 0 Å². The maximum atomic E-state index is 6.27. The number of aromatic nitrogens is 2. The molecule has 3 aromatic rings. The van der Waals surface area contributed by atoms with Crippen LogP contribution >= 0.6 is 23.2 Å². The van der Waals surface area contributed by atoms with E-state index in [1.165, 1.54) is 0 Å². The third-order valence-electron chi connectivity index (χ3n) is 3.05. The summed E-state index contributed by atoms with van der Waals surface area (Å²) in [4.78, 5) is 4.30.